The van der Waals surface area contributed by atoms with Crippen molar-refractivity contribution in [2.75, 3.05) is 6.61 Å². The minimum Gasteiger partial charge on any atom is -0.493 e. The van der Waals surface area contributed by atoms with Crippen LogP contribution in [0.1, 0.15) is 36.9 Å². The molecular weight excluding hydrogens is 418 g/mol. The number of furan rings is 1. The van der Waals surface area contributed by atoms with Crippen LogP contribution in [0.3, 0.4) is 0 Å². The van der Waals surface area contributed by atoms with E-state index in [0.717, 1.165) is 52.7 Å². The fourth-order valence-corrected chi connectivity index (χ4v) is 3.66. The molecule has 0 aliphatic carbocycles. The van der Waals surface area contributed by atoms with Crippen LogP contribution in [0.2, 0.25) is 0 Å². The van der Waals surface area contributed by atoms with Gasteiger partial charge in [0.2, 0.25) is 0 Å². The summed E-state index contributed by atoms with van der Waals surface area (Å²) < 4.78 is 13.6. The number of carboxylic acids is 1. The van der Waals surface area contributed by atoms with Gasteiger partial charge in [0.15, 0.2) is 5.82 Å². The van der Waals surface area contributed by atoms with Crippen LogP contribution in [0.5, 0.6) is 5.75 Å². The smallest absolute Gasteiger partial charge is 0.303 e. The molecular formula is C26H27N3O4. The number of benzene rings is 1. The zero-order valence-electron chi connectivity index (χ0n) is 18.6. The minimum atomic E-state index is -0.752. The number of pyridine rings is 1. The van der Waals surface area contributed by atoms with Crippen molar-refractivity contribution in [1.82, 2.24) is 14.5 Å². The third-order valence-electron chi connectivity index (χ3n) is 5.45. The summed E-state index contributed by atoms with van der Waals surface area (Å²) in [5.74, 6) is 1.65. The molecule has 1 N–H and O–H groups in total. The van der Waals surface area contributed by atoms with Crippen molar-refractivity contribution in [2.24, 2.45) is 0 Å². The number of unbranched alkanes of at least 4 members (excludes halogenated alkanes) is 2. The highest BCUT2D eigenvalue weighted by molar-refractivity contribution is 5.66. The molecule has 0 atom stereocenters. The van der Waals surface area contributed by atoms with E-state index in [1.165, 1.54) is 0 Å². The van der Waals surface area contributed by atoms with Crippen molar-refractivity contribution in [3.63, 3.8) is 0 Å². The number of hydrogen-bond acceptors (Lipinski definition) is 5. The largest absolute Gasteiger partial charge is 0.493 e. The maximum absolute atomic E-state index is 10.6. The first kappa shape index (κ1) is 22.3. The summed E-state index contributed by atoms with van der Waals surface area (Å²) in [7, 11) is 0. The van der Waals surface area contributed by atoms with Gasteiger partial charge < -0.3 is 18.8 Å². The van der Waals surface area contributed by atoms with Crippen LogP contribution in [-0.2, 0) is 11.3 Å². The molecule has 3 heterocycles. The van der Waals surface area contributed by atoms with Crippen LogP contribution in [0, 0.1) is 6.92 Å². The SMILES string of the molecule is Cc1cnc(-c2ccc(-c3ccco3)cn2)n1Cc1ccccc1OCCCCCC(=O)O. The zero-order valence-corrected chi connectivity index (χ0v) is 18.6. The Balaban J connectivity index is 1.46. The van der Waals surface area contributed by atoms with Crippen LogP contribution in [0.15, 0.2) is 71.6 Å². The number of rotatable bonds is 11. The lowest BCUT2D eigenvalue weighted by Gasteiger charge is -2.15. The quantitative estimate of drug-likeness (QED) is 0.303. The normalized spacial score (nSPS) is 10.9. The van der Waals surface area contributed by atoms with Crippen molar-refractivity contribution in [3.8, 4) is 28.6 Å². The van der Waals surface area contributed by atoms with E-state index in [-0.39, 0.29) is 6.42 Å². The lowest BCUT2D eigenvalue weighted by atomic mass is 10.1. The summed E-state index contributed by atoms with van der Waals surface area (Å²) in [6.07, 6.45) is 7.82. The summed E-state index contributed by atoms with van der Waals surface area (Å²) in [5, 5.41) is 8.74. The highest BCUT2D eigenvalue weighted by Crippen LogP contribution is 2.26. The Hall–Kier alpha value is -3.87. The van der Waals surface area contributed by atoms with Gasteiger partial charge in [-0.3, -0.25) is 9.78 Å². The van der Waals surface area contributed by atoms with Gasteiger partial charge >= 0.3 is 5.97 Å². The van der Waals surface area contributed by atoms with Gasteiger partial charge in [-0.25, -0.2) is 4.98 Å². The Kier molecular flexibility index (Phi) is 7.19. The third kappa shape index (κ3) is 5.68. The van der Waals surface area contributed by atoms with Crippen molar-refractivity contribution >= 4 is 5.97 Å². The molecule has 7 nitrogen and oxygen atoms in total. The van der Waals surface area contributed by atoms with Gasteiger partial charge in [-0.15, -0.1) is 0 Å². The van der Waals surface area contributed by atoms with Gasteiger partial charge in [0.05, 0.1) is 19.4 Å². The van der Waals surface area contributed by atoms with Gasteiger partial charge in [-0.1, -0.05) is 18.2 Å². The van der Waals surface area contributed by atoms with Gasteiger partial charge in [0.1, 0.15) is 17.2 Å². The third-order valence-corrected chi connectivity index (χ3v) is 5.45. The molecule has 170 valence electrons. The molecule has 3 aromatic heterocycles. The average Bonchev–Trinajstić information content (AvgIpc) is 3.48. The second kappa shape index (κ2) is 10.6. The number of ether oxygens (including phenoxy) is 1. The van der Waals surface area contributed by atoms with E-state index in [0.29, 0.717) is 19.6 Å². The lowest BCUT2D eigenvalue weighted by Crippen LogP contribution is -2.07. The number of carboxylic acid groups (broad SMARTS) is 1. The molecule has 4 aromatic rings. The average molecular weight is 446 g/mol. The highest BCUT2D eigenvalue weighted by atomic mass is 16.5. The van der Waals surface area contributed by atoms with Crippen molar-refractivity contribution < 1.29 is 19.1 Å². The molecule has 4 rings (SSSR count). The second-order valence-electron chi connectivity index (χ2n) is 7.88. The van der Waals surface area contributed by atoms with E-state index in [2.05, 4.69) is 20.6 Å². The molecule has 0 radical (unpaired) electrons. The fraction of sp³-hybridized carbons (Fsp3) is 0.269. The number of imidazole rings is 1. The van der Waals surface area contributed by atoms with Gasteiger partial charge in [0, 0.05) is 35.6 Å². The number of nitrogens with zero attached hydrogens (tertiary/aromatic N) is 3. The number of aryl methyl sites for hydroxylation is 1. The predicted octanol–water partition coefficient (Wildman–Crippen LogP) is 5.59. The van der Waals surface area contributed by atoms with Crippen molar-refractivity contribution in [2.45, 2.75) is 39.2 Å². The van der Waals surface area contributed by atoms with Crippen LogP contribution >= 0.6 is 0 Å². The Labute approximate surface area is 192 Å². The Morgan fingerprint density at radius 2 is 1.91 bits per heavy atom. The Morgan fingerprint density at radius 1 is 1.03 bits per heavy atom. The van der Waals surface area contributed by atoms with E-state index in [4.69, 9.17) is 14.3 Å². The molecule has 33 heavy (non-hydrogen) atoms. The molecule has 0 aliphatic heterocycles. The van der Waals surface area contributed by atoms with E-state index < -0.39 is 5.97 Å². The molecule has 0 unspecified atom stereocenters. The zero-order chi connectivity index (χ0) is 23.0. The van der Waals surface area contributed by atoms with Crippen LogP contribution in [0.25, 0.3) is 22.8 Å². The molecule has 0 saturated carbocycles. The monoisotopic (exact) mass is 445 g/mol. The van der Waals surface area contributed by atoms with Crippen molar-refractivity contribution in [1.29, 1.82) is 0 Å². The summed E-state index contributed by atoms with van der Waals surface area (Å²) in [4.78, 5) is 19.8. The van der Waals surface area contributed by atoms with E-state index in [1.807, 2.05) is 55.6 Å². The maximum Gasteiger partial charge on any atom is 0.303 e. The Bertz CT molecular complexity index is 1180. The molecule has 0 fully saturated rings. The predicted molar refractivity (Wildman–Crippen MR) is 125 cm³/mol. The number of para-hydroxylation sites is 1. The molecule has 0 bridgehead atoms. The molecule has 0 saturated heterocycles. The summed E-state index contributed by atoms with van der Waals surface area (Å²) in [5.41, 5.74) is 3.79. The van der Waals surface area contributed by atoms with E-state index in [1.54, 1.807) is 12.5 Å². The van der Waals surface area contributed by atoms with Gasteiger partial charge in [0.25, 0.3) is 0 Å². The molecule has 1 aromatic carbocycles. The van der Waals surface area contributed by atoms with E-state index >= 15 is 0 Å². The lowest BCUT2D eigenvalue weighted by molar-refractivity contribution is -0.137. The summed E-state index contributed by atoms with van der Waals surface area (Å²) in [6.45, 7) is 3.19. The first-order valence-corrected chi connectivity index (χ1v) is 11.1. The number of carbonyl (C=O) groups is 1. The Morgan fingerprint density at radius 3 is 2.67 bits per heavy atom. The number of aromatic nitrogens is 3. The second-order valence-corrected chi connectivity index (χ2v) is 7.88. The van der Waals surface area contributed by atoms with Gasteiger partial charge in [-0.05, 0) is 56.5 Å². The molecule has 0 spiro atoms. The molecule has 0 amide bonds. The van der Waals surface area contributed by atoms with Crippen LogP contribution in [-0.4, -0.2) is 32.2 Å². The fourth-order valence-electron chi connectivity index (χ4n) is 3.66. The number of hydrogen-bond donors (Lipinski definition) is 1. The summed E-state index contributed by atoms with van der Waals surface area (Å²) >= 11 is 0. The van der Waals surface area contributed by atoms with Crippen LogP contribution < -0.4 is 4.74 Å². The van der Waals surface area contributed by atoms with E-state index in [9.17, 15) is 4.79 Å². The summed E-state index contributed by atoms with van der Waals surface area (Å²) in [6, 6.07) is 15.7. The highest BCUT2D eigenvalue weighted by Gasteiger charge is 2.14. The van der Waals surface area contributed by atoms with Crippen molar-refractivity contribution in [3.05, 3.63) is 78.4 Å². The maximum atomic E-state index is 10.6. The first-order chi connectivity index (χ1) is 16.1. The standard InChI is InChI=1S/C26H27N3O4/c1-19-16-28-26(22-13-12-20(17-27-22)23-10-7-15-33-23)29(19)18-21-8-4-5-9-24(21)32-14-6-2-3-11-25(30)31/h4-5,7-10,12-13,15-17H,2-3,6,11,14,18H2,1H3,(H,30,31). The molecule has 7 heteroatoms. The van der Waals surface area contributed by atoms with Gasteiger partial charge in [-0.2, -0.15) is 0 Å². The molecule has 0 aliphatic rings. The van der Waals surface area contributed by atoms with Crippen LogP contribution in [0.4, 0.5) is 0 Å². The topological polar surface area (TPSA) is 90.4 Å². The first-order valence-electron chi connectivity index (χ1n) is 11.1. The number of aliphatic carboxylic acids is 1. The minimum absolute atomic E-state index is 0.204.